The van der Waals surface area contributed by atoms with E-state index in [1.807, 2.05) is 131 Å². The number of aromatic nitrogens is 9. The summed E-state index contributed by atoms with van der Waals surface area (Å²) < 4.78 is 9.82. The van der Waals surface area contributed by atoms with Gasteiger partial charge in [0.25, 0.3) is 17.8 Å². The van der Waals surface area contributed by atoms with Crippen molar-refractivity contribution >= 4 is 210 Å². The van der Waals surface area contributed by atoms with E-state index in [1.54, 1.807) is 111 Å². The molecule has 0 bridgehead atoms. The van der Waals surface area contributed by atoms with Gasteiger partial charge in [-0.15, -0.1) is 131 Å². The van der Waals surface area contributed by atoms with E-state index in [-0.39, 0.29) is 24.0 Å². The van der Waals surface area contributed by atoms with Gasteiger partial charge in [0.15, 0.2) is 0 Å². The van der Waals surface area contributed by atoms with E-state index in [1.165, 1.54) is 30.3 Å². The molecule has 106 heavy (non-hydrogen) atoms. The van der Waals surface area contributed by atoms with Crippen molar-refractivity contribution in [1.29, 1.82) is 0 Å². The number of nitrogens with zero attached hydrogens (tertiary/aromatic N) is 17. The first-order valence-electron chi connectivity index (χ1n) is 31.3. The largest absolute Gasteiger partial charge is 0.507 e. The van der Waals surface area contributed by atoms with Gasteiger partial charge in [0.05, 0.1) is 30.1 Å². The molecule has 7 N–H and O–H groups in total. The maximum atomic E-state index is 12.0. The summed E-state index contributed by atoms with van der Waals surface area (Å²) in [4.78, 5) is 63.3. The zero-order valence-corrected chi connectivity index (χ0v) is 63.2. The number of thiophene rings is 7. The molecule has 10 aromatic heterocycles. The van der Waals surface area contributed by atoms with Gasteiger partial charge in [-0.25, -0.2) is 20.1 Å². The number of ether oxygens (including phenoxy) is 1. The molecule has 37 heteroatoms. The maximum absolute atomic E-state index is 12.0. The second-order valence-corrected chi connectivity index (χ2v) is 29.6. The number of carbonyl (C=O) groups excluding carboxylic acids is 5. The summed E-state index contributed by atoms with van der Waals surface area (Å²) in [7, 11) is 3.90. The lowest BCUT2D eigenvalue weighted by molar-refractivity contribution is -0.193. The fraction of sp³-hybridized carbons (Fsp3) is 0.174. The zero-order valence-electron chi connectivity index (χ0n) is 57.5. The standard InChI is InChI=1S/C15H16N6O2S.C15H14N2OS2.C13H13N5OS.C13H10N2OS2.C11H9N5OS.2CO2/c1-4-23-14(22)12-7-9-11(21(2)3)6-5-10(13(9)24-12)18-20-15-16-8-17-19-15;1-3-10-8-12(18)11-7-9(2)20-15(11)14(10)17-16-13-5-4-6-19-13;1-3-8-5-10(19)9-4-7(2)20-12(9)11(8)16-18-13-14-6-15-17-13;1-8-7-9-11(16)5-4-10(13(9)18-8)14-15-12-3-2-6-17-12;1-6-4-7-9(17)3-2-8(10(7)18-6)14-16-11-12-5-13-15-11;2*2-1-3/h5-8H,4H2,1-3H3,(H,16,17,19);4-8,18H,3H2,1-2H3;4-6,19H,3H2,1-2H3,(H,14,15,17);2-7,16H,1H3;2-5,17H,1H3,(H,12,13,15);;. The van der Waals surface area contributed by atoms with Gasteiger partial charge in [-0.2, -0.15) is 49.4 Å². The predicted octanol–water partition coefficient (Wildman–Crippen LogP) is 21.3. The molecule has 0 aliphatic rings. The SMILES string of the molecule is CCOC(=O)c1cc2c(N(C)C)ccc(N=Nc3ncn[nH]3)c2s1.CCc1cc(O)c2cc(C)sc2c1N=Nc1cccs1.CCc1cc(O)c2cc(C)sc2c1N=Nc1ncn[nH]1.Cc1cc2c(O)ccc(N=Nc3cccs3)c2s1.Cc1cc2c(O)ccc(N=Nc3ncn[nH]3)c2s1.O=C=O.O=C=O. The lowest BCUT2D eigenvalue weighted by Gasteiger charge is -2.14. The highest BCUT2D eigenvalue weighted by atomic mass is 32.1. The first-order chi connectivity index (χ1) is 51.3. The van der Waals surface area contributed by atoms with Crippen LogP contribution in [0.1, 0.15) is 61.1 Å². The molecular weight excluding hydrogens is 1490 g/mol. The van der Waals surface area contributed by atoms with Gasteiger partial charge in [-0.1, -0.05) is 13.8 Å². The van der Waals surface area contributed by atoms with E-state index in [0.29, 0.717) is 58.0 Å². The highest BCUT2D eigenvalue weighted by molar-refractivity contribution is 7.22. The Kier molecular flexibility index (Phi) is 27.9. The monoisotopic (exact) mass is 1550 g/mol. The molecule has 0 unspecified atom stereocenters. The van der Waals surface area contributed by atoms with Gasteiger partial charge >= 0.3 is 18.3 Å². The quantitative estimate of drug-likeness (QED) is 0.0370. The summed E-state index contributed by atoms with van der Waals surface area (Å²) in [6.45, 7) is 14.3. The fourth-order valence-electron chi connectivity index (χ4n) is 9.79. The van der Waals surface area contributed by atoms with Gasteiger partial charge in [-0.3, -0.25) is 0 Å². The van der Waals surface area contributed by atoms with E-state index in [2.05, 4.69) is 104 Å². The second-order valence-electron chi connectivity index (χ2n) is 21.7. The Hall–Kier alpha value is -12.1. The number of hydrogen-bond donors (Lipinski definition) is 7. The lowest BCUT2D eigenvalue weighted by Crippen LogP contribution is -2.08. The molecule has 0 aliphatic heterocycles. The molecule has 0 radical (unpaired) electrons. The van der Waals surface area contributed by atoms with Crippen molar-refractivity contribution in [3.63, 3.8) is 0 Å². The molecule has 0 fully saturated rings. The fourth-order valence-corrected chi connectivity index (χ4v) is 16.0. The predicted molar refractivity (Wildman–Crippen MR) is 412 cm³/mol. The Labute approximate surface area is 629 Å². The van der Waals surface area contributed by atoms with E-state index in [0.717, 1.165) is 127 Å². The van der Waals surface area contributed by atoms with Gasteiger partial charge < -0.3 is 30.1 Å². The number of rotatable bonds is 15. The molecule has 0 spiro atoms. The van der Waals surface area contributed by atoms with E-state index in [9.17, 15) is 25.2 Å². The van der Waals surface area contributed by atoms with Crippen molar-refractivity contribution in [2.24, 2.45) is 51.1 Å². The van der Waals surface area contributed by atoms with Crippen LogP contribution in [-0.2, 0) is 36.8 Å². The summed E-state index contributed by atoms with van der Waals surface area (Å²) in [5.41, 5.74) is 6.81. The highest BCUT2D eigenvalue weighted by Crippen LogP contribution is 2.46. The summed E-state index contributed by atoms with van der Waals surface area (Å²) in [5, 5.41) is 111. The number of benzene rings is 5. The van der Waals surface area contributed by atoms with Crippen molar-refractivity contribution in [1.82, 2.24) is 45.5 Å². The molecule has 0 aliphatic carbocycles. The van der Waals surface area contributed by atoms with Crippen LogP contribution in [0.25, 0.3) is 50.4 Å². The Balaban J connectivity index is 0.000000151. The number of H-pyrrole nitrogens is 3. The van der Waals surface area contributed by atoms with Gasteiger partial charge in [0, 0.05) is 66.2 Å². The second kappa shape index (κ2) is 37.9. The number of phenolic OH excluding ortho intramolecular Hbond substituents is 4. The van der Waals surface area contributed by atoms with Crippen LogP contribution >= 0.6 is 79.4 Å². The number of aromatic hydroxyl groups is 4. The van der Waals surface area contributed by atoms with Gasteiger partial charge in [-0.05, 0) is 172 Å². The minimum atomic E-state index is -0.332. The van der Waals surface area contributed by atoms with Gasteiger partial charge in [0.2, 0.25) is 0 Å². The molecule has 0 atom stereocenters. The minimum Gasteiger partial charge on any atom is -0.507 e. The Morgan fingerprint density at radius 2 is 0.821 bits per heavy atom. The van der Waals surface area contributed by atoms with E-state index in [4.69, 9.17) is 23.9 Å². The number of nitrogens with one attached hydrogen (secondary N) is 3. The van der Waals surface area contributed by atoms with Crippen molar-refractivity contribution in [3.8, 4) is 23.0 Å². The molecular formula is C69H62N20O10S7. The first-order valence-corrected chi connectivity index (χ1v) is 37.2. The number of azo groups is 5. The number of aryl methyl sites for hydroxylation is 6. The van der Waals surface area contributed by atoms with Crippen LogP contribution in [0.5, 0.6) is 23.0 Å². The van der Waals surface area contributed by atoms with Crippen LogP contribution in [0, 0.1) is 27.7 Å². The van der Waals surface area contributed by atoms with Crippen molar-refractivity contribution in [3.05, 3.63) is 168 Å². The van der Waals surface area contributed by atoms with Crippen LogP contribution in [0.4, 0.5) is 62.0 Å². The molecule has 540 valence electrons. The molecule has 0 amide bonds. The maximum Gasteiger partial charge on any atom is 0.373 e. The third-order valence-corrected chi connectivity index (χ3v) is 21.2. The Morgan fingerprint density at radius 1 is 0.453 bits per heavy atom. The molecule has 5 aromatic carbocycles. The third kappa shape index (κ3) is 20.2. The van der Waals surface area contributed by atoms with Crippen molar-refractivity contribution < 1.29 is 49.1 Å². The minimum absolute atomic E-state index is 0.250. The number of phenols is 4. The number of fused-ring (bicyclic) bond motifs is 5. The van der Waals surface area contributed by atoms with Crippen molar-refractivity contribution in [2.75, 3.05) is 25.6 Å². The molecule has 15 aromatic rings. The number of aromatic amines is 3. The summed E-state index contributed by atoms with van der Waals surface area (Å²) in [5.74, 6) is 1.88. The highest BCUT2D eigenvalue weighted by Gasteiger charge is 2.19. The van der Waals surface area contributed by atoms with Crippen LogP contribution in [0.2, 0.25) is 0 Å². The number of anilines is 1. The number of carbonyl (C=O) groups is 1. The van der Waals surface area contributed by atoms with Crippen LogP contribution in [0.15, 0.2) is 184 Å². The topological polar surface area (TPSA) is 427 Å². The van der Waals surface area contributed by atoms with E-state index >= 15 is 0 Å². The van der Waals surface area contributed by atoms with Crippen LogP contribution < -0.4 is 4.90 Å². The number of esters is 1. The van der Waals surface area contributed by atoms with Crippen LogP contribution in [0.3, 0.4) is 0 Å². The van der Waals surface area contributed by atoms with Crippen LogP contribution in [-0.4, -0.2) is 105 Å². The molecule has 0 saturated heterocycles. The zero-order chi connectivity index (χ0) is 75.8. The summed E-state index contributed by atoms with van der Waals surface area (Å²) >= 11 is 10.9. The lowest BCUT2D eigenvalue weighted by atomic mass is 10.1. The summed E-state index contributed by atoms with van der Waals surface area (Å²) in [6.07, 6.45) is 6.21. The molecule has 10 heterocycles. The van der Waals surface area contributed by atoms with Gasteiger partial charge in [0.1, 0.15) is 85.3 Å². The smallest absolute Gasteiger partial charge is 0.373 e. The normalized spacial score (nSPS) is 11.1. The molecule has 0 saturated carbocycles. The third-order valence-electron chi connectivity index (χ3n) is 14.3. The Morgan fingerprint density at radius 3 is 1.20 bits per heavy atom. The Bertz CT molecular complexity index is 5380. The average molecular weight is 1560 g/mol. The summed E-state index contributed by atoms with van der Waals surface area (Å²) in [6, 6.07) is 31.6. The van der Waals surface area contributed by atoms with Crippen molar-refractivity contribution in [2.45, 2.75) is 61.3 Å². The molecule has 15 rings (SSSR count). The van der Waals surface area contributed by atoms with E-state index < -0.39 is 0 Å². The first kappa shape index (κ1) is 78.1. The average Bonchev–Trinajstić information content (AvgIpc) is 1.63. The number of hydrogen-bond acceptors (Lipinski definition) is 34. The molecule has 30 nitrogen and oxygen atoms in total.